The van der Waals surface area contributed by atoms with E-state index in [1.165, 1.54) is 30.5 Å². The van der Waals surface area contributed by atoms with Gasteiger partial charge in [-0.2, -0.15) is 0 Å². The van der Waals surface area contributed by atoms with E-state index in [-0.39, 0.29) is 62.3 Å². The molecule has 5 rings (SSSR count). The van der Waals surface area contributed by atoms with Gasteiger partial charge in [-0.3, -0.25) is 19.2 Å². The van der Waals surface area contributed by atoms with Gasteiger partial charge in [-0.15, -0.1) is 11.3 Å². The van der Waals surface area contributed by atoms with E-state index in [1.54, 1.807) is 24.3 Å². The van der Waals surface area contributed by atoms with Crippen LogP contribution in [0, 0.1) is 17.7 Å². The molecule has 2 aliphatic rings. The summed E-state index contributed by atoms with van der Waals surface area (Å²) in [5.41, 5.74) is 0.885. The standard InChI is InChI=1S/C30H30FNO10S/c1-39-20-12-23-15(10-24(43-23)28(36)17-11-18(17)30(37)38)8-21(20)41-6-3-7-42-29-22(40-2)9-16-13-32(14-19(16)27(29)31)25(33)4-5-26(34)35/h8-10,12,17-18H,3-7,11,13-14H2,1-2H3,(H,34,35)(H,37,38). The van der Waals surface area contributed by atoms with Crippen LogP contribution in [-0.4, -0.2) is 66.2 Å². The summed E-state index contributed by atoms with van der Waals surface area (Å²) in [6.45, 7) is 0.481. The van der Waals surface area contributed by atoms with Crippen molar-refractivity contribution in [3.05, 3.63) is 46.1 Å². The molecule has 228 valence electrons. The maximum absolute atomic E-state index is 15.4. The first kappa shape index (κ1) is 30.1. The van der Waals surface area contributed by atoms with Crippen LogP contribution in [0.5, 0.6) is 23.0 Å². The zero-order valence-electron chi connectivity index (χ0n) is 23.5. The number of carboxylic acids is 2. The number of Topliss-reactive ketones (excluding diaryl/α,β-unsaturated/α-hetero) is 1. The first-order chi connectivity index (χ1) is 20.6. The van der Waals surface area contributed by atoms with Crippen molar-refractivity contribution in [2.75, 3.05) is 27.4 Å². The van der Waals surface area contributed by atoms with Crippen molar-refractivity contribution in [2.24, 2.45) is 11.8 Å². The van der Waals surface area contributed by atoms with Gasteiger partial charge in [0.25, 0.3) is 0 Å². The SMILES string of the molecule is COc1cc2sc(C(=O)C3CC3C(=O)O)cc2cc1OCCCOc1c(OC)cc2c(c1F)CN(C(=O)CCC(=O)O)C2. The van der Waals surface area contributed by atoms with E-state index in [0.29, 0.717) is 40.3 Å². The predicted octanol–water partition coefficient (Wildman–Crippen LogP) is 4.52. The molecule has 1 aliphatic heterocycles. The minimum absolute atomic E-state index is 0.0159. The summed E-state index contributed by atoms with van der Waals surface area (Å²) in [6, 6.07) is 6.89. The number of nitrogens with zero attached hydrogens (tertiary/aromatic N) is 1. The van der Waals surface area contributed by atoms with Crippen molar-refractivity contribution < 1.29 is 52.7 Å². The van der Waals surface area contributed by atoms with Gasteiger partial charge < -0.3 is 34.1 Å². The number of thiophene rings is 1. The van der Waals surface area contributed by atoms with Gasteiger partial charge in [0, 0.05) is 48.2 Å². The number of aliphatic carboxylic acids is 2. The number of rotatable bonds is 14. The Morgan fingerprint density at radius 3 is 2.35 bits per heavy atom. The number of hydrogen-bond donors (Lipinski definition) is 2. The van der Waals surface area contributed by atoms with Gasteiger partial charge in [0.05, 0.1) is 44.6 Å². The average Bonchev–Trinajstić information content (AvgIpc) is 3.51. The maximum atomic E-state index is 15.4. The second-order valence-corrected chi connectivity index (χ2v) is 11.4. The lowest BCUT2D eigenvalue weighted by atomic mass is 10.1. The molecule has 1 aromatic heterocycles. The van der Waals surface area contributed by atoms with Crippen molar-refractivity contribution in [1.82, 2.24) is 4.90 Å². The topological polar surface area (TPSA) is 149 Å². The molecule has 2 heterocycles. The Labute approximate surface area is 249 Å². The second kappa shape index (κ2) is 12.5. The monoisotopic (exact) mass is 615 g/mol. The van der Waals surface area contributed by atoms with E-state index < -0.39 is 29.6 Å². The number of ether oxygens (including phenoxy) is 4. The van der Waals surface area contributed by atoms with Gasteiger partial charge in [-0.1, -0.05) is 0 Å². The van der Waals surface area contributed by atoms with E-state index in [2.05, 4.69) is 0 Å². The quantitative estimate of drug-likeness (QED) is 0.196. The molecule has 1 aliphatic carbocycles. The third-order valence-electron chi connectivity index (χ3n) is 7.50. The van der Waals surface area contributed by atoms with Crippen molar-refractivity contribution in [1.29, 1.82) is 0 Å². The summed E-state index contributed by atoms with van der Waals surface area (Å²) in [5, 5.41) is 18.7. The molecule has 1 fully saturated rings. The summed E-state index contributed by atoms with van der Waals surface area (Å²) >= 11 is 1.28. The molecule has 2 atom stereocenters. The van der Waals surface area contributed by atoms with Crippen LogP contribution in [0.4, 0.5) is 4.39 Å². The zero-order chi connectivity index (χ0) is 30.8. The van der Waals surface area contributed by atoms with Crippen LogP contribution >= 0.6 is 11.3 Å². The van der Waals surface area contributed by atoms with E-state index in [1.807, 2.05) is 0 Å². The first-order valence-electron chi connectivity index (χ1n) is 13.6. The molecule has 2 N–H and O–H groups in total. The summed E-state index contributed by atoms with van der Waals surface area (Å²) in [6.07, 6.45) is 0.280. The lowest BCUT2D eigenvalue weighted by Crippen LogP contribution is -2.25. The first-order valence-corrected chi connectivity index (χ1v) is 14.4. The van der Waals surface area contributed by atoms with E-state index in [9.17, 15) is 19.2 Å². The molecular formula is C30H30FNO10S. The number of halogens is 1. The van der Waals surface area contributed by atoms with Gasteiger partial charge in [0.2, 0.25) is 5.91 Å². The molecule has 0 radical (unpaired) electrons. The van der Waals surface area contributed by atoms with Crippen molar-refractivity contribution in [3.63, 3.8) is 0 Å². The van der Waals surface area contributed by atoms with Crippen LogP contribution in [0.25, 0.3) is 10.1 Å². The Balaban J connectivity index is 1.19. The van der Waals surface area contributed by atoms with Crippen LogP contribution < -0.4 is 18.9 Å². The fraction of sp³-hybridized carbons (Fsp3) is 0.400. The largest absolute Gasteiger partial charge is 0.493 e. The molecule has 11 nitrogen and oxygen atoms in total. The summed E-state index contributed by atoms with van der Waals surface area (Å²) in [7, 11) is 2.89. The number of benzene rings is 2. The number of carboxylic acid groups (broad SMARTS) is 2. The van der Waals surface area contributed by atoms with Crippen molar-refractivity contribution in [3.8, 4) is 23.0 Å². The number of ketones is 1. The Morgan fingerprint density at radius 2 is 1.67 bits per heavy atom. The molecule has 0 saturated heterocycles. The van der Waals surface area contributed by atoms with E-state index in [0.717, 1.165) is 10.1 Å². The highest BCUT2D eigenvalue weighted by molar-refractivity contribution is 7.20. The van der Waals surface area contributed by atoms with Crippen LogP contribution in [0.3, 0.4) is 0 Å². The number of methoxy groups -OCH3 is 2. The molecule has 1 amide bonds. The highest BCUT2D eigenvalue weighted by Crippen LogP contribution is 2.44. The lowest BCUT2D eigenvalue weighted by Gasteiger charge is -2.15. The van der Waals surface area contributed by atoms with Gasteiger partial charge >= 0.3 is 11.9 Å². The molecular weight excluding hydrogens is 585 g/mol. The summed E-state index contributed by atoms with van der Waals surface area (Å²) in [4.78, 5) is 48.9. The van der Waals surface area contributed by atoms with Gasteiger partial charge in [-0.25, -0.2) is 4.39 Å². The minimum Gasteiger partial charge on any atom is -0.493 e. The Morgan fingerprint density at radius 1 is 0.930 bits per heavy atom. The lowest BCUT2D eigenvalue weighted by molar-refractivity contribution is -0.141. The summed E-state index contributed by atoms with van der Waals surface area (Å²) in [5.74, 6) is -3.25. The normalized spacial score (nSPS) is 17.0. The molecule has 2 unspecified atom stereocenters. The zero-order valence-corrected chi connectivity index (χ0v) is 24.3. The van der Waals surface area contributed by atoms with E-state index >= 15 is 4.39 Å². The number of amides is 1. The average molecular weight is 616 g/mol. The van der Waals surface area contributed by atoms with Crippen molar-refractivity contribution in [2.45, 2.75) is 38.8 Å². The number of hydrogen-bond acceptors (Lipinski definition) is 9. The Hall–Kier alpha value is -4.39. The van der Waals surface area contributed by atoms with Gasteiger partial charge in [-0.05, 0) is 35.6 Å². The van der Waals surface area contributed by atoms with Crippen LogP contribution in [-0.2, 0) is 27.5 Å². The van der Waals surface area contributed by atoms with Gasteiger partial charge in [0.15, 0.2) is 34.6 Å². The highest BCUT2D eigenvalue weighted by atomic mass is 32.1. The second-order valence-electron chi connectivity index (χ2n) is 10.4. The van der Waals surface area contributed by atoms with Crippen LogP contribution in [0.15, 0.2) is 24.3 Å². The van der Waals surface area contributed by atoms with Crippen LogP contribution in [0.1, 0.15) is 46.5 Å². The Bertz CT molecular complexity index is 1600. The predicted molar refractivity (Wildman–Crippen MR) is 152 cm³/mol. The maximum Gasteiger partial charge on any atom is 0.307 e. The fourth-order valence-electron chi connectivity index (χ4n) is 5.09. The molecule has 3 aromatic rings. The van der Waals surface area contributed by atoms with Crippen molar-refractivity contribution >= 4 is 45.1 Å². The smallest absolute Gasteiger partial charge is 0.307 e. The molecule has 43 heavy (non-hydrogen) atoms. The van der Waals surface area contributed by atoms with Crippen LogP contribution in [0.2, 0.25) is 0 Å². The summed E-state index contributed by atoms with van der Waals surface area (Å²) < 4.78 is 38.7. The van der Waals surface area contributed by atoms with Gasteiger partial charge in [0.1, 0.15) is 0 Å². The molecule has 13 heteroatoms. The number of carbonyl (C=O) groups excluding carboxylic acids is 2. The number of fused-ring (bicyclic) bond motifs is 2. The van der Waals surface area contributed by atoms with E-state index in [4.69, 9.17) is 29.2 Å². The molecule has 0 bridgehead atoms. The Kier molecular flexibility index (Phi) is 8.71. The minimum atomic E-state index is -1.07. The third kappa shape index (κ3) is 6.36. The fourth-order valence-corrected chi connectivity index (χ4v) is 6.17. The molecule has 0 spiro atoms. The highest BCUT2D eigenvalue weighted by Gasteiger charge is 2.48. The molecule has 1 saturated carbocycles. The number of carbonyl (C=O) groups is 4. The third-order valence-corrected chi connectivity index (χ3v) is 8.61. The molecule has 2 aromatic carbocycles.